The van der Waals surface area contributed by atoms with E-state index in [0.717, 1.165) is 0 Å². The molecule has 0 fully saturated rings. The first kappa shape index (κ1) is 10.8. The fraction of sp³-hybridized carbons (Fsp3) is 0.600. The predicted molar refractivity (Wildman–Crippen MR) is 27.3 cm³/mol. The lowest BCUT2D eigenvalue weighted by atomic mass is 10.6. The molecule has 82 valence electrons. The molecule has 0 unspecified atom stereocenters. The summed E-state index contributed by atoms with van der Waals surface area (Å²) in [4.78, 5) is 0. The van der Waals surface area contributed by atoms with Crippen LogP contribution in [0.15, 0.2) is 12.0 Å². The van der Waals surface area contributed by atoms with E-state index in [0.29, 0.717) is 0 Å². The van der Waals surface area contributed by atoms with Gasteiger partial charge in [0.2, 0.25) is 0 Å². The first-order valence-corrected chi connectivity index (χ1v) is 3.05. The highest BCUT2D eigenvalue weighted by molar-refractivity contribution is 4.90. The smallest absolute Gasteiger partial charge is 0.450 e. The summed E-state index contributed by atoms with van der Waals surface area (Å²) >= 11 is 0. The van der Waals surface area contributed by atoms with E-state index in [1.807, 2.05) is 0 Å². The zero-order chi connectivity index (χ0) is 11.0. The maximum absolute atomic E-state index is 12.3. The van der Waals surface area contributed by atoms with Gasteiger partial charge in [0.15, 0.2) is 6.61 Å². The molecule has 9 heteroatoms. The van der Waals surface area contributed by atoms with Crippen molar-refractivity contribution in [2.45, 2.75) is 12.5 Å². The molecular weight excluding hydrogens is 222 g/mol. The van der Waals surface area contributed by atoms with Crippen molar-refractivity contribution < 1.29 is 40.6 Å². The number of rotatable bonds is 1. The Kier molecular flexibility index (Phi) is 2.42. The van der Waals surface area contributed by atoms with Crippen LogP contribution in [-0.2, 0) is 14.2 Å². The minimum Gasteiger partial charge on any atom is -0.450 e. The largest absolute Gasteiger partial charge is 0.575 e. The Morgan fingerprint density at radius 1 is 1.29 bits per heavy atom. The number of halogens is 6. The quantitative estimate of drug-likeness (QED) is 0.639. The molecule has 0 aromatic heterocycles. The van der Waals surface area contributed by atoms with Gasteiger partial charge in [0.25, 0.3) is 0 Å². The van der Waals surface area contributed by atoms with E-state index in [1.165, 1.54) is 0 Å². The Morgan fingerprint density at radius 3 is 2.29 bits per heavy atom. The van der Waals surface area contributed by atoms with Crippen molar-refractivity contribution >= 4 is 0 Å². The van der Waals surface area contributed by atoms with Gasteiger partial charge < -0.3 is 14.2 Å². The van der Waals surface area contributed by atoms with Crippen LogP contribution in [0, 0.1) is 0 Å². The average Bonchev–Trinajstić information content (AvgIpc) is 1.92. The maximum atomic E-state index is 12.3. The van der Waals surface area contributed by atoms with Crippen LogP contribution in [-0.4, -0.2) is 19.1 Å². The zero-order valence-corrected chi connectivity index (χ0v) is 6.20. The summed E-state index contributed by atoms with van der Waals surface area (Å²) in [5.41, 5.74) is 0. The highest BCUT2D eigenvalue weighted by Crippen LogP contribution is 2.32. The molecule has 1 heterocycles. The molecule has 0 saturated carbocycles. The molecule has 14 heavy (non-hydrogen) atoms. The van der Waals surface area contributed by atoms with E-state index in [4.69, 9.17) is 0 Å². The second kappa shape index (κ2) is 3.14. The van der Waals surface area contributed by atoms with Crippen molar-refractivity contribution in [2.24, 2.45) is 0 Å². The summed E-state index contributed by atoms with van der Waals surface area (Å²) in [5, 5.41) is 0. The zero-order valence-electron chi connectivity index (χ0n) is 6.20. The molecule has 1 rings (SSSR count). The van der Waals surface area contributed by atoms with Crippen LogP contribution in [0.1, 0.15) is 0 Å². The third-order valence-corrected chi connectivity index (χ3v) is 0.979. The summed E-state index contributed by atoms with van der Waals surface area (Å²) in [6, 6.07) is -2.25. The lowest BCUT2D eigenvalue weighted by Crippen LogP contribution is -2.33. The first-order chi connectivity index (χ1) is 6.20. The van der Waals surface area contributed by atoms with Crippen LogP contribution in [0.2, 0.25) is 0 Å². The molecule has 1 aliphatic heterocycles. The van der Waals surface area contributed by atoms with Crippen molar-refractivity contribution in [3.8, 4) is 0 Å². The van der Waals surface area contributed by atoms with Gasteiger partial charge >= 0.3 is 24.4 Å². The van der Waals surface area contributed by atoms with Crippen LogP contribution in [0.25, 0.3) is 0 Å². The van der Waals surface area contributed by atoms with Crippen molar-refractivity contribution in [2.75, 3.05) is 6.61 Å². The van der Waals surface area contributed by atoms with Gasteiger partial charge in [0, 0.05) is 0 Å². The molecule has 0 aromatic carbocycles. The van der Waals surface area contributed by atoms with Crippen LogP contribution < -0.4 is 0 Å². The van der Waals surface area contributed by atoms with Crippen molar-refractivity contribution in [3.05, 3.63) is 12.0 Å². The number of hydrogen-bond acceptors (Lipinski definition) is 3. The van der Waals surface area contributed by atoms with Crippen molar-refractivity contribution in [3.63, 3.8) is 0 Å². The highest BCUT2D eigenvalue weighted by Gasteiger charge is 2.44. The van der Waals surface area contributed by atoms with Crippen LogP contribution >= 0.6 is 0 Å². The van der Waals surface area contributed by atoms with Crippen LogP contribution in [0.4, 0.5) is 26.3 Å². The molecule has 0 aliphatic carbocycles. The van der Waals surface area contributed by atoms with E-state index >= 15 is 0 Å². The predicted octanol–water partition coefficient (Wildman–Crippen LogP) is 2.26. The van der Waals surface area contributed by atoms with Gasteiger partial charge in [-0.15, -0.1) is 13.2 Å². The van der Waals surface area contributed by atoms with Gasteiger partial charge in [-0.25, -0.2) is 0 Å². The van der Waals surface area contributed by atoms with Gasteiger partial charge in [-0.3, -0.25) is 0 Å². The molecule has 0 aromatic rings. The van der Waals surface area contributed by atoms with Crippen LogP contribution in [0.3, 0.4) is 0 Å². The molecule has 0 amide bonds. The van der Waals surface area contributed by atoms with E-state index in [2.05, 4.69) is 14.2 Å². The Labute approximate surface area is 72.8 Å². The Hall–Kier alpha value is -1.28. The number of ether oxygens (including phenoxy) is 3. The molecule has 0 atom stereocenters. The van der Waals surface area contributed by atoms with Gasteiger partial charge in [0.05, 0.1) is 0 Å². The highest BCUT2D eigenvalue weighted by atomic mass is 19.4. The average molecular weight is 224 g/mol. The maximum Gasteiger partial charge on any atom is 0.575 e. The van der Waals surface area contributed by atoms with Crippen LogP contribution in [0.5, 0.6) is 0 Å². The Balaban J connectivity index is 2.72. The fourth-order valence-corrected chi connectivity index (χ4v) is 0.583. The standard InChI is InChI=1S/C5H2F6O3/c6-2-3(14-5(9,10)11)12-1-4(7,8)13-2/h1H2. The molecule has 0 N–H and O–H groups in total. The summed E-state index contributed by atoms with van der Waals surface area (Å²) in [6.07, 6.45) is -9.23. The lowest BCUT2D eigenvalue weighted by Gasteiger charge is -2.23. The summed E-state index contributed by atoms with van der Waals surface area (Å²) in [7, 11) is 0. The molecule has 3 nitrogen and oxygen atoms in total. The number of hydrogen-bond donors (Lipinski definition) is 0. The molecule has 0 radical (unpaired) electrons. The topological polar surface area (TPSA) is 27.7 Å². The minimum atomic E-state index is -5.23. The van der Waals surface area contributed by atoms with Gasteiger partial charge in [-0.05, 0) is 0 Å². The summed E-state index contributed by atoms with van der Waals surface area (Å²) < 4.78 is 80.6. The molecule has 0 spiro atoms. The third-order valence-electron chi connectivity index (χ3n) is 0.979. The van der Waals surface area contributed by atoms with Gasteiger partial charge in [-0.2, -0.15) is 13.2 Å². The van der Waals surface area contributed by atoms with E-state index < -0.39 is 31.0 Å². The van der Waals surface area contributed by atoms with E-state index in [-0.39, 0.29) is 0 Å². The van der Waals surface area contributed by atoms with Gasteiger partial charge in [0.1, 0.15) is 0 Å². The van der Waals surface area contributed by atoms with Crippen molar-refractivity contribution in [1.82, 2.24) is 0 Å². The van der Waals surface area contributed by atoms with Crippen molar-refractivity contribution in [1.29, 1.82) is 0 Å². The Bertz CT molecular complexity index is 257. The molecule has 0 bridgehead atoms. The van der Waals surface area contributed by atoms with E-state index in [1.54, 1.807) is 0 Å². The molecule has 0 saturated heterocycles. The van der Waals surface area contributed by atoms with E-state index in [9.17, 15) is 26.3 Å². The SMILES string of the molecule is FC1=C(OC(F)(F)F)OCC(F)(F)O1. The lowest BCUT2D eigenvalue weighted by molar-refractivity contribution is -0.349. The number of alkyl halides is 5. The minimum absolute atomic E-state index is 1.55. The molecule has 1 aliphatic rings. The second-order valence-corrected chi connectivity index (χ2v) is 2.14. The normalized spacial score (nSPS) is 21.3. The molecular formula is C5H2F6O3. The summed E-state index contributed by atoms with van der Waals surface area (Å²) in [5.74, 6) is -1.76. The summed E-state index contributed by atoms with van der Waals surface area (Å²) in [6.45, 7) is -1.55. The first-order valence-electron chi connectivity index (χ1n) is 3.05. The monoisotopic (exact) mass is 224 g/mol. The Morgan fingerprint density at radius 2 is 1.86 bits per heavy atom. The van der Waals surface area contributed by atoms with Gasteiger partial charge in [-0.1, -0.05) is 0 Å². The second-order valence-electron chi connectivity index (χ2n) is 2.14. The fourth-order valence-electron chi connectivity index (χ4n) is 0.583. The third kappa shape index (κ3) is 2.89.